The van der Waals surface area contributed by atoms with Crippen molar-refractivity contribution in [2.75, 3.05) is 0 Å². The summed E-state index contributed by atoms with van der Waals surface area (Å²) in [6.45, 7) is 2.26. The summed E-state index contributed by atoms with van der Waals surface area (Å²) in [7, 11) is 0. The van der Waals surface area contributed by atoms with Crippen molar-refractivity contribution in [3.63, 3.8) is 0 Å². The molecule has 0 N–H and O–H groups in total. The molecule has 0 saturated carbocycles. The van der Waals surface area contributed by atoms with E-state index < -0.39 is 0 Å². The Hall–Kier alpha value is -1.04. The Kier molecular flexibility index (Phi) is 6.64. The van der Waals surface area contributed by atoms with Gasteiger partial charge in [-0.25, -0.2) is 0 Å². The van der Waals surface area contributed by atoms with E-state index in [2.05, 4.69) is 49.4 Å². The first-order chi connectivity index (χ1) is 7.43. The highest BCUT2D eigenvalue weighted by atomic mass is 13.9. The van der Waals surface area contributed by atoms with Crippen LogP contribution in [0.2, 0.25) is 0 Å². The number of benzene rings is 1. The maximum Gasteiger partial charge on any atom is -0.0260 e. The van der Waals surface area contributed by atoms with Gasteiger partial charge in [0.25, 0.3) is 0 Å². The Morgan fingerprint density at radius 2 is 1.67 bits per heavy atom. The topological polar surface area (TPSA) is 0 Å². The number of rotatable bonds is 7. The summed E-state index contributed by atoms with van der Waals surface area (Å²) in [5.74, 6) is 0. The molecule has 0 nitrogen and oxygen atoms in total. The lowest BCUT2D eigenvalue weighted by Crippen LogP contribution is -1.76. The van der Waals surface area contributed by atoms with E-state index in [0.29, 0.717) is 0 Å². The molecule has 0 atom stereocenters. The number of unbranched alkanes of at least 4 members (excludes halogenated alkanes) is 5. The molecular weight excluding hydrogens is 180 g/mol. The Bertz CT molecular complexity index is 259. The Balaban J connectivity index is 2.07. The average Bonchev–Trinajstić information content (AvgIpc) is 2.29. The van der Waals surface area contributed by atoms with Gasteiger partial charge >= 0.3 is 0 Å². The van der Waals surface area contributed by atoms with E-state index in [9.17, 15) is 0 Å². The van der Waals surface area contributed by atoms with Gasteiger partial charge in [0.2, 0.25) is 0 Å². The van der Waals surface area contributed by atoms with Gasteiger partial charge in [-0.3, -0.25) is 0 Å². The number of allylic oxidation sites excluding steroid dienone is 1. The zero-order valence-corrected chi connectivity index (χ0v) is 9.78. The van der Waals surface area contributed by atoms with Gasteiger partial charge in [0.15, 0.2) is 0 Å². The third kappa shape index (κ3) is 6.11. The van der Waals surface area contributed by atoms with Gasteiger partial charge in [-0.05, 0) is 18.4 Å². The van der Waals surface area contributed by atoms with Crippen LogP contribution in [-0.2, 0) is 0 Å². The molecule has 1 aromatic rings. The third-order valence-electron chi connectivity index (χ3n) is 2.58. The first kappa shape index (κ1) is 12.0. The summed E-state index contributed by atoms with van der Waals surface area (Å²) in [6, 6.07) is 10.5. The zero-order chi connectivity index (χ0) is 10.8. The van der Waals surface area contributed by atoms with Crippen LogP contribution in [0.1, 0.15) is 51.0 Å². The van der Waals surface area contributed by atoms with Crippen molar-refractivity contribution >= 4 is 6.08 Å². The lowest BCUT2D eigenvalue weighted by atomic mass is 10.1. The van der Waals surface area contributed by atoms with Crippen LogP contribution in [-0.4, -0.2) is 0 Å². The minimum absolute atomic E-state index is 1.22. The molecule has 0 bridgehead atoms. The highest BCUT2D eigenvalue weighted by Crippen LogP contribution is 2.07. The summed E-state index contributed by atoms with van der Waals surface area (Å²) >= 11 is 0. The first-order valence-electron chi connectivity index (χ1n) is 6.15. The van der Waals surface area contributed by atoms with E-state index in [1.807, 2.05) is 0 Å². The third-order valence-corrected chi connectivity index (χ3v) is 2.58. The molecule has 0 unspecified atom stereocenters. The van der Waals surface area contributed by atoms with Crippen LogP contribution in [0.4, 0.5) is 0 Å². The van der Waals surface area contributed by atoms with Crippen LogP contribution in [0, 0.1) is 0 Å². The van der Waals surface area contributed by atoms with Crippen molar-refractivity contribution in [2.24, 2.45) is 0 Å². The fourth-order valence-corrected chi connectivity index (χ4v) is 1.65. The molecule has 0 aliphatic carbocycles. The minimum atomic E-state index is 1.22. The molecule has 0 amide bonds. The zero-order valence-electron chi connectivity index (χ0n) is 9.78. The Labute approximate surface area is 94.0 Å². The van der Waals surface area contributed by atoms with Crippen LogP contribution in [0.5, 0.6) is 0 Å². The first-order valence-corrected chi connectivity index (χ1v) is 6.15. The van der Waals surface area contributed by atoms with Gasteiger partial charge in [-0.1, -0.05) is 75.1 Å². The molecule has 0 aliphatic heterocycles. The van der Waals surface area contributed by atoms with Crippen molar-refractivity contribution in [1.82, 2.24) is 0 Å². The van der Waals surface area contributed by atoms with E-state index in [4.69, 9.17) is 0 Å². The monoisotopic (exact) mass is 202 g/mol. The van der Waals surface area contributed by atoms with Crippen molar-refractivity contribution < 1.29 is 0 Å². The average molecular weight is 202 g/mol. The van der Waals surface area contributed by atoms with Crippen molar-refractivity contribution in [3.8, 4) is 0 Å². The maximum absolute atomic E-state index is 2.29. The molecule has 1 rings (SSSR count). The van der Waals surface area contributed by atoms with Gasteiger partial charge in [-0.2, -0.15) is 0 Å². The maximum atomic E-state index is 2.29. The molecule has 0 saturated heterocycles. The Morgan fingerprint density at radius 1 is 0.933 bits per heavy atom. The molecule has 0 heteroatoms. The molecular formula is C15H22. The second kappa shape index (κ2) is 8.28. The lowest BCUT2D eigenvalue weighted by Gasteiger charge is -1.96. The summed E-state index contributed by atoms with van der Waals surface area (Å²) in [4.78, 5) is 0. The molecule has 1 aromatic carbocycles. The second-order valence-corrected chi connectivity index (χ2v) is 4.02. The van der Waals surface area contributed by atoms with E-state index in [0.717, 1.165) is 0 Å². The molecule has 0 aliphatic rings. The molecule has 0 radical (unpaired) electrons. The van der Waals surface area contributed by atoms with Crippen molar-refractivity contribution in [1.29, 1.82) is 0 Å². The highest BCUT2D eigenvalue weighted by Gasteiger charge is 1.87. The Morgan fingerprint density at radius 3 is 2.40 bits per heavy atom. The predicted octanol–water partition coefficient (Wildman–Crippen LogP) is 5.06. The molecule has 0 aromatic heterocycles. The SMILES string of the molecule is CCCCCCCC=Cc1ccccc1. The van der Waals surface area contributed by atoms with Crippen LogP contribution >= 0.6 is 0 Å². The summed E-state index contributed by atoms with van der Waals surface area (Å²) < 4.78 is 0. The van der Waals surface area contributed by atoms with E-state index in [-0.39, 0.29) is 0 Å². The highest BCUT2D eigenvalue weighted by molar-refractivity contribution is 5.48. The summed E-state index contributed by atoms with van der Waals surface area (Å²) in [5, 5.41) is 0. The molecule has 0 fully saturated rings. The van der Waals surface area contributed by atoms with Crippen LogP contribution in [0.25, 0.3) is 6.08 Å². The van der Waals surface area contributed by atoms with Crippen LogP contribution in [0.3, 0.4) is 0 Å². The number of hydrogen-bond acceptors (Lipinski definition) is 0. The smallest absolute Gasteiger partial charge is 0.0260 e. The van der Waals surface area contributed by atoms with Gasteiger partial charge in [0.1, 0.15) is 0 Å². The standard InChI is InChI=1S/C15H22/c1-2-3-4-5-6-7-9-12-15-13-10-8-11-14-15/h8-14H,2-7H2,1H3. The lowest BCUT2D eigenvalue weighted by molar-refractivity contribution is 0.638. The summed E-state index contributed by atoms with van der Waals surface area (Å²) in [6.07, 6.45) is 12.6. The fraction of sp³-hybridized carbons (Fsp3) is 0.467. The van der Waals surface area contributed by atoms with Gasteiger partial charge < -0.3 is 0 Å². The van der Waals surface area contributed by atoms with E-state index in [1.165, 1.54) is 44.1 Å². The summed E-state index contributed by atoms with van der Waals surface area (Å²) in [5.41, 5.74) is 1.31. The van der Waals surface area contributed by atoms with Gasteiger partial charge in [0.05, 0.1) is 0 Å². The fourth-order valence-electron chi connectivity index (χ4n) is 1.65. The molecule has 0 heterocycles. The largest absolute Gasteiger partial charge is 0.0839 e. The predicted molar refractivity (Wildman–Crippen MR) is 68.9 cm³/mol. The molecule has 0 spiro atoms. The van der Waals surface area contributed by atoms with Crippen molar-refractivity contribution in [3.05, 3.63) is 42.0 Å². The van der Waals surface area contributed by atoms with E-state index in [1.54, 1.807) is 0 Å². The van der Waals surface area contributed by atoms with Crippen LogP contribution < -0.4 is 0 Å². The second-order valence-electron chi connectivity index (χ2n) is 4.02. The van der Waals surface area contributed by atoms with E-state index >= 15 is 0 Å². The van der Waals surface area contributed by atoms with Gasteiger partial charge in [0, 0.05) is 0 Å². The number of hydrogen-bond donors (Lipinski definition) is 0. The normalized spacial score (nSPS) is 11.0. The quantitative estimate of drug-likeness (QED) is 0.542. The molecule has 82 valence electrons. The van der Waals surface area contributed by atoms with Crippen LogP contribution in [0.15, 0.2) is 36.4 Å². The van der Waals surface area contributed by atoms with Crippen molar-refractivity contribution in [2.45, 2.75) is 45.4 Å². The molecule has 15 heavy (non-hydrogen) atoms. The van der Waals surface area contributed by atoms with Gasteiger partial charge in [-0.15, -0.1) is 0 Å². The minimum Gasteiger partial charge on any atom is -0.0839 e.